The van der Waals surface area contributed by atoms with Crippen LogP contribution in [0, 0.1) is 10.8 Å². The van der Waals surface area contributed by atoms with Crippen LogP contribution in [0.5, 0.6) is 0 Å². The Morgan fingerprint density at radius 3 is 2.66 bits per heavy atom. The van der Waals surface area contributed by atoms with Crippen LogP contribution in [0.2, 0.25) is 5.02 Å². The number of carbonyl (C=O) groups excluding carboxylic acids is 1. The van der Waals surface area contributed by atoms with Gasteiger partial charge in [0, 0.05) is 10.9 Å². The quantitative estimate of drug-likeness (QED) is 0.455. The lowest BCUT2D eigenvalue weighted by molar-refractivity contribution is -0.135. The first-order chi connectivity index (χ1) is 13.8. The number of halogens is 1. The molecule has 0 aliphatic heterocycles. The number of nitrogens with one attached hydrogen (secondary N) is 2. The Morgan fingerprint density at radius 1 is 1.21 bits per heavy atom. The summed E-state index contributed by atoms with van der Waals surface area (Å²) in [6, 6.07) is 15.3. The average Bonchev–Trinajstić information content (AvgIpc) is 3.22. The topological polar surface area (TPSA) is 70.1 Å². The molecular weight excluding hydrogens is 384 g/mol. The highest BCUT2D eigenvalue weighted by Gasteiger charge is 2.57. The number of imidazole rings is 1. The van der Waals surface area contributed by atoms with E-state index in [1.54, 1.807) is 18.3 Å². The fourth-order valence-electron chi connectivity index (χ4n) is 4.36. The first-order valence-corrected chi connectivity index (χ1v) is 10.2. The van der Waals surface area contributed by atoms with Crippen LogP contribution >= 0.6 is 11.6 Å². The molecule has 0 spiro atoms. The number of aromatic nitrogens is 2. The third-order valence-corrected chi connectivity index (χ3v) is 6.97. The minimum absolute atomic E-state index is 0.0636. The van der Waals surface area contributed by atoms with E-state index in [4.69, 9.17) is 16.6 Å². The van der Waals surface area contributed by atoms with Gasteiger partial charge in [0.15, 0.2) is 0 Å². The molecule has 2 atom stereocenters. The summed E-state index contributed by atoms with van der Waals surface area (Å²) in [6.45, 7) is 6.34. The first kappa shape index (κ1) is 19.6. The number of hydrazone groups is 1. The number of rotatable bonds is 4. The lowest BCUT2D eigenvalue weighted by atomic mass is 9.65. The number of para-hydroxylation sites is 2. The minimum atomic E-state index is -0.548. The zero-order chi connectivity index (χ0) is 20.6. The second kappa shape index (κ2) is 7.30. The molecule has 2 N–H and O–H groups in total. The number of nitrogens with zero attached hydrogens (tertiary/aromatic N) is 2. The van der Waals surface area contributed by atoms with Crippen molar-refractivity contribution in [3.8, 4) is 0 Å². The number of hydrogen-bond donors (Lipinski definition) is 2. The standard InChI is InChI=1S/C23H25ClN4O/c1-22(2)17(20-26-18-6-4-5-7-19(18)27-20)12-13-23(22,3)21(29)28-25-14-15-8-10-16(24)11-9-15/h4-11,14,17H,12-13H2,1-3H3,(H,26,27)(H,28,29)/b25-14-/t17-,23+/m1/s1. The molecule has 0 saturated heterocycles. The zero-order valence-corrected chi connectivity index (χ0v) is 17.6. The fourth-order valence-corrected chi connectivity index (χ4v) is 4.49. The molecule has 3 aromatic rings. The summed E-state index contributed by atoms with van der Waals surface area (Å²) in [7, 11) is 0. The Balaban J connectivity index is 1.52. The van der Waals surface area contributed by atoms with Gasteiger partial charge in [-0.3, -0.25) is 4.79 Å². The van der Waals surface area contributed by atoms with Crippen molar-refractivity contribution in [3.05, 3.63) is 64.9 Å². The van der Waals surface area contributed by atoms with E-state index < -0.39 is 5.41 Å². The predicted octanol–water partition coefficient (Wildman–Crippen LogP) is 5.28. The van der Waals surface area contributed by atoms with Crippen molar-refractivity contribution in [2.24, 2.45) is 15.9 Å². The molecule has 5 nitrogen and oxygen atoms in total. The molecule has 1 amide bonds. The van der Waals surface area contributed by atoms with Crippen molar-refractivity contribution in [2.45, 2.75) is 39.5 Å². The Morgan fingerprint density at radius 2 is 1.93 bits per heavy atom. The molecule has 1 aliphatic rings. The number of hydrogen-bond acceptors (Lipinski definition) is 3. The molecule has 1 heterocycles. The Hall–Kier alpha value is -2.66. The van der Waals surface area contributed by atoms with Crippen molar-refractivity contribution in [1.82, 2.24) is 15.4 Å². The van der Waals surface area contributed by atoms with Gasteiger partial charge >= 0.3 is 0 Å². The molecule has 1 aromatic heterocycles. The number of fused-ring (bicyclic) bond motifs is 1. The van der Waals surface area contributed by atoms with Crippen LogP contribution in [0.4, 0.5) is 0 Å². The molecule has 4 rings (SSSR count). The summed E-state index contributed by atoms with van der Waals surface area (Å²) in [4.78, 5) is 21.4. The van der Waals surface area contributed by atoms with Gasteiger partial charge in [-0.2, -0.15) is 5.10 Å². The number of benzene rings is 2. The van der Waals surface area contributed by atoms with E-state index in [-0.39, 0.29) is 17.2 Å². The highest BCUT2D eigenvalue weighted by atomic mass is 35.5. The van der Waals surface area contributed by atoms with Crippen molar-refractivity contribution in [1.29, 1.82) is 0 Å². The lowest BCUT2D eigenvalue weighted by Gasteiger charge is -2.39. The summed E-state index contributed by atoms with van der Waals surface area (Å²) in [5, 5.41) is 4.84. The van der Waals surface area contributed by atoms with Gasteiger partial charge in [0.25, 0.3) is 0 Å². The molecule has 2 aromatic carbocycles. The van der Waals surface area contributed by atoms with E-state index in [0.717, 1.165) is 35.3 Å². The van der Waals surface area contributed by atoms with E-state index in [0.29, 0.717) is 5.02 Å². The van der Waals surface area contributed by atoms with Crippen LogP contribution in [0.25, 0.3) is 11.0 Å². The third-order valence-electron chi connectivity index (χ3n) is 6.71. The monoisotopic (exact) mass is 408 g/mol. The summed E-state index contributed by atoms with van der Waals surface area (Å²) in [5.41, 5.74) is 4.80. The minimum Gasteiger partial charge on any atom is -0.342 e. The summed E-state index contributed by atoms with van der Waals surface area (Å²) in [6.07, 6.45) is 3.32. The highest BCUT2D eigenvalue weighted by molar-refractivity contribution is 6.30. The number of carbonyl (C=O) groups is 1. The van der Waals surface area contributed by atoms with Gasteiger partial charge in [-0.25, -0.2) is 10.4 Å². The zero-order valence-electron chi connectivity index (χ0n) is 16.9. The van der Waals surface area contributed by atoms with Gasteiger partial charge in [0.2, 0.25) is 5.91 Å². The molecule has 0 unspecified atom stereocenters. The van der Waals surface area contributed by atoms with E-state index in [2.05, 4.69) is 29.4 Å². The molecule has 150 valence electrons. The van der Waals surface area contributed by atoms with Crippen LogP contribution in [0.1, 0.15) is 50.9 Å². The van der Waals surface area contributed by atoms with Crippen LogP contribution in [0.3, 0.4) is 0 Å². The predicted molar refractivity (Wildman–Crippen MR) is 117 cm³/mol. The van der Waals surface area contributed by atoms with Gasteiger partial charge in [-0.05, 0) is 48.1 Å². The fraction of sp³-hybridized carbons (Fsp3) is 0.348. The highest BCUT2D eigenvalue weighted by Crippen LogP contribution is 2.59. The number of H-pyrrole nitrogens is 1. The van der Waals surface area contributed by atoms with E-state index in [9.17, 15) is 4.79 Å². The third kappa shape index (κ3) is 3.44. The Labute approximate surface area is 175 Å². The molecule has 29 heavy (non-hydrogen) atoms. The smallest absolute Gasteiger partial charge is 0.246 e. The van der Waals surface area contributed by atoms with Crippen molar-refractivity contribution in [2.75, 3.05) is 0 Å². The largest absolute Gasteiger partial charge is 0.342 e. The van der Waals surface area contributed by atoms with E-state index in [1.165, 1.54) is 0 Å². The van der Waals surface area contributed by atoms with Gasteiger partial charge in [0.05, 0.1) is 22.7 Å². The van der Waals surface area contributed by atoms with Gasteiger partial charge in [0.1, 0.15) is 5.82 Å². The maximum absolute atomic E-state index is 13.1. The van der Waals surface area contributed by atoms with Crippen LogP contribution in [-0.2, 0) is 4.79 Å². The average molecular weight is 409 g/mol. The maximum atomic E-state index is 13.1. The molecule has 6 heteroatoms. The molecule has 1 saturated carbocycles. The van der Waals surface area contributed by atoms with Crippen LogP contribution in [0.15, 0.2) is 53.6 Å². The molecule has 0 radical (unpaired) electrons. The van der Waals surface area contributed by atoms with Crippen LogP contribution in [-0.4, -0.2) is 22.1 Å². The van der Waals surface area contributed by atoms with Gasteiger partial charge < -0.3 is 4.98 Å². The van der Waals surface area contributed by atoms with Crippen LogP contribution < -0.4 is 5.43 Å². The maximum Gasteiger partial charge on any atom is 0.246 e. The molecule has 1 aliphatic carbocycles. The molecular formula is C23H25ClN4O. The normalized spacial score (nSPS) is 23.7. The second-order valence-electron chi connectivity index (χ2n) is 8.53. The van der Waals surface area contributed by atoms with E-state index >= 15 is 0 Å². The Bertz CT molecular complexity index is 1040. The summed E-state index contributed by atoms with van der Waals surface area (Å²) in [5.74, 6) is 1.06. The number of amides is 1. The SMILES string of the molecule is CC1(C)[C@@H](c2nc3ccccc3[nH]2)CC[C@@]1(C)C(=O)N/N=C\c1ccc(Cl)cc1. The summed E-state index contributed by atoms with van der Waals surface area (Å²) >= 11 is 5.90. The number of aromatic amines is 1. The lowest BCUT2D eigenvalue weighted by Crippen LogP contribution is -2.45. The molecule has 1 fully saturated rings. The van der Waals surface area contributed by atoms with Crippen molar-refractivity contribution >= 4 is 34.8 Å². The van der Waals surface area contributed by atoms with Gasteiger partial charge in [-0.15, -0.1) is 0 Å². The molecule has 0 bridgehead atoms. The van der Waals surface area contributed by atoms with E-state index in [1.807, 2.05) is 43.3 Å². The Kier molecular flexibility index (Phi) is 4.95. The van der Waals surface area contributed by atoms with Gasteiger partial charge in [-0.1, -0.05) is 56.6 Å². The summed E-state index contributed by atoms with van der Waals surface area (Å²) < 4.78 is 0. The first-order valence-electron chi connectivity index (χ1n) is 9.85. The van der Waals surface area contributed by atoms with Crippen molar-refractivity contribution in [3.63, 3.8) is 0 Å². The second-order valence-corrected chi connectivity index (χ2v) is 8.97. The van der Waals surface area contributed by atoms with Crippen molar-refractivity contribution < 1.29 is 4.79 Å².